The largest absolute Gasteiger partial charge is 0.301 e. The monoisotopic (exact) mass is 209 g/mol. The second-order valence-electron chi connectivity index (χ2n) is 6.18. The minimum Gasteiger partial charge on any atom is -0.301 e. The molecule has 0 aromatic rings. The Balaban J connectivity index is 1.95. The van der Waals surface area contributed by atoms with Gasteiger partial charge in [0.15, 0.2) is 0 Å². The third-order valence-electron chi connectivity index (χ3n) is 5.10. The van der Waals surface area contributed by atoms with Crippen LogP contribution in [0.25, 0.3) is 0 Å². The van der Waals surface area contributed by atoms with Crippen molar-refractivity contribution in [2.24, 2.45) is 11.8 Å². The van der Waals surface area contributed by atoms with E-state index in [0.29, 0.717) is 5.54 Å². The Labute approximate surface area is 95.2 Å². The van der Waals surface area contributed by atoms with Gasteiger partial charge in [0.05, 0.1) is 0 Å². The maximum atomic E-state index is 2.67. The van der Waals surface area contributed by atoms with Gasteiger partial charge in [-0.05, 0) is 64.0 Å². The van der Waals surface area contributed by atoms with E-state index in [1.54, 1.807) is 0 Å². The van der Waals surface area contributed by atoms with Crippen LogP contribution in [-0.4, -0.2) is 24.0 Å². The molecule has 0 unspecified atom stereocenters. The first-order valence-electron chi connectivity index (χ1n) is 6.85. The summed E-state index contributed by atoms with van der Waals surface area (Å²) in [5.41, 5.74) is 0.615. The van der Waals surface area contributed by atoms with E-state index in [2.05, 4.69) is 25.8 Å². The summed E-state index contributed by atoms with van der Waals surface area (Å²) in [6.07, 6.45) is 10.2. The highest BCUT2D eigenvalue weighted by Gasteiger charge is 2.40. The van der Waals surface area contributed by atoms with Gasteiger partial charge in [-0.15, -0.1) is 0 Å². The van der Waals surface area contributed by atoms with Crippen molar-refractivity contribution in [3.8, 4) is 0 Å². The van der Waals surface area contributed by atoms with Gasteiger partial charge in [0, 0.05) is 5.54 Å². The lowest BCUT2D eigenvalue weighted by Crippen LogP contribution is -2.51. The lowest BCUT2D eigenvalue weighted by atomic mass is 9.69. The fourth-order valence-electron chi connectivity index (χ4n) is 3.71. The predicted molar refractivity (Wildman–Crippen MR) is 66.0 cm³/mol. The second-order valence-corrected chi connectivity index (χ2v) is 6.18. The molecule has 1 aliphatic heterocycles. The molecule has 88 valence electrons. The summed E-state index contributed by atoms with van der Waals surface area (Å²) in [6, 6.07) is 0. The highest BCUT2D eigenvalue weighted by molar-refractivity contribution is 4.96. The van der Waals surface area contributed by atoms with Crippen LogP contribution in [0, 0.1) is 11.8 Å². The average molecular weight is 209 g/mol. The SMILES string of the molecule is CC(C)C1CCC2(CCCCN2C)CC1. The Morgan fingerprint density at radius 1 is 1.07 bits per heavy atom. The van der Waals surface area contributed by atoms with Crippen molar-refractivity contribution in [1.82, 2.24) is 4.90 Å². The molecule has 1 saturated heterocycles. The summed E-state index contributed by atoms with van der Waals surface area (Å²) in [6.45, 7) is 6.13. The van der Waals surface area contributed by atoms with Crippen LogP contribution in [-0.2, 0) is 0 Å². The highest BCUT2D eigenvalue weighted by atomic mass is 15.2. The number of rotatable bonds is 1. The molecule has 0 aromatic heterocycles. The third kappa shape index (κ3) is 2.22. The normalized spacial score (nSPS) is 38.8. The van der Waals surface area contributed by atoms with E-state index in [0.717, 1.165) is 11.8 Å². The Morgan fingerprint density at radius 2 is 1.73 bits per heavy atom. The summed E-state index contributed by atoms with van der Waals surface area (Å²) in [7, 11) is 2.36. The molecule has 0 N–H and O–H groups in total. The topological polar surface area (TPSA) is 3.24 Å². The molecule has 1 spiro atoms. The van der Waals surface area contributed by atoms with E-state index >= 15 is 0 Å². The van der Waals surface area contributed by atoms with Crippen molar-refractivity contribution in [3.63, 3.8) is 0 Å². The predicted octanol–water partition coefficient (Wildman–Crippen LogP) is 3.69. The molecule has 0 bridgehead atoms. The molecule has 15 heavy (non-hydrogen) atoms. The van der Waals surface area contributed by atoms with Crippen molar-refractivity contribution in [2.45, 2.75) is 64.3 Å². The van der Waals surface area contributed by atoms with Crippen molar-refractivity contribution in [3.05, 3.63) is 0 Å². The summed E-state index contributed by atoms with van der Waals surface area (Å²) in [4.78, 5) is 2.67. The van der Waals surface area contributed by atoms with Gasteiger partial charge in [0.1, 0.15) is 0 Å². The van der Waals surface area contributed by atoms with Crippen molar-refractivity contribution in [1.29, 1.82) is 0 Å². The molecule has 0 amide bonds. The molecule has 1 nitrogen and oxygen atoms in total. The quantitative estimate of drug-likeness (QED) is 0.636. The van der Waals surface area contributed by atoms with Crippen LogP contribution >= 0.6 is 0 Å². The van der Waals surface area contributed by atoms with Crippen molar-refractivity contribution < 1.29 is 0 Å². The lowest BCUT2D eigenvalue weighted by molar-refractivity contribution is 0.0174. The zero-order chi connectivity index (χ0) is 10.9. The van der Waals surface area contributed by atoms with Crippen LogP contribution < -0.4 is 0 Å². The average Bonchev–Trinajstić information content (AvgIpc) is 2.23. The van der Waals surface area contributed by atoms with Gasteiger partial charge in [-0.1, -0.05) is 20.3 Å². The maximum absolute atomic E-state index is 2.67. The van der Waals surface area contributed by atoms with Gasteiger partial charge >= 0.3 is 0 Å². The Bertz CT molecular complexity index is 201. The third-order valence-corrected chi connectivity index (χ3v) is 5.10. The van der Waals surface area contributed by atoms with Gasteiger partial charge in [0.25, 0.3) is 0 Å². The van der Waals surface area contributed by atoms with Crippen molar-refractivity contribution in [2.75, 3.05) is 13.6 Å². The van der Waals surface area contributed by atoms with E-state index in [1.807, 2.05) is 0 Å². The summed E-state index contributed by atoms with van der Waals surface area (Å²) in [5, 5.41) is 0. The van der Waals surface area contributed by atoms with Gasteiger partial charge < -0.3 is 4.90 Å². The minimum atomic E-state index is 0.615. The molecular weight excluding hydrogens is 182 g/mol. The summed E-state index contributed by atoms with van der Waals surface area (Å²) >= 11 is 0. The Hall–Kier alpha value is -0.0400. The number of piperidine rings is 1. The zero-order valence-electron chi connectivity index (χ0n) is 10.8. The molecule has 1 heterocycles. The van der Waals surface area contributed by atoms with E-state index in [1.165, 1.54) is 51.5 Å². The minimum absolute atomic E-state index is 0.615. The maximum Gasteiger partial charge on any atom is 0.0206 e. The van der Waals surface area contributed by atoms with Crippen LogP contribution in [0.1, 0.15) is 58.8 Å². The van der Waals surface area contributed by atoms with E-state index < -0.39 is 0 Å². The lowest BCUT2D eigenvalue weighted by Gasteiger charge is -2.50. The molecule has 1 saturated carbocycles. The number of nitrogens with zero attached hydrogens (tertiary/aromatic N) is 1. The Kier molecular flexibility index (Phi) is 3.39. The van der Waals surface area contributed by atoms with Gasteiger partial charge in [-0.25, -0.2) is 0 Å². The molecule has 2 rings (SSSR count). The number of likely N-dealkylation sites (tertiary alicyclic amines) is 1. The zero-order valence-corrected chi connectivity index (χ0v) is 10.8. The summed E-state index contributed by atoms with van der Waals surface area (Å²) in [5.74, 6) is 1.90. The second kappa shape index (κ2) is 4.45. The standard InChI is InChI=1S/C14H27N/c1-12(2)13-6-9-14(10-7-13)8-4-5-11-15(14)3/h12-13H,4-11H2,1-3H3. The molecule has 0 radical (unpaired) electrons. The highest BCUT2D eigenvalue weighted by Crippen LogP contribution is 2.43. The van der Waals surface area contributed by atoms with Crippen LogP contribution in [0.2, 0.25) is 0 Å². The molecule has 0 aromatic carbocycles. The first-order valence-corrected chi connectivity index (χ1v) is 6.85. The molecule has 0 atom stereocenters. The molecule has 2 aliphatic rings. The first kappa shape index (κ1) is 11.4. The van der Waals surface area contributed by atoms with Crippen LogP contribution in [0.5, 0.6) is 0 Å². The smallest absolute Gasteiger partial charge is 0.0206 e. The fourth-order valence-corrected chi connectivity index (χ4v) is 3.71. The fraction of sp³-hybridized carbons (Fsp3) is 1.00. The van der Waals surface area contributed by atoms with Crippen LogP contribution in [0.3, 0.4) is 0 Å². The number of hydrogen-bond donors (Lipinski definition) is 0. The van der Waals surface area contributed by atoms with Gasteiger partial charge in [0.2, 0.25) is 0 Å². The van der Waals surface area contributed by atoms with Crippen LogP contribution in [0.15, 0.2) is 0 Å². The van der Waals surface area contributed by atoms with E-state index in [-0.39, 0.29) is 0 Å². The number of hydrogen-bond acceptors (Lipinski definition) is 1. The van der Waals surface area contributed by atoms with E-state index in [9.17, 15) is 0 Å². The van der Waals surface area contributed by atoms with Gasteiger partial charge in [-0.2, -0.15) is 0 Å². The van der Waals surface area contributed by atoms with E-state index in [4.69, 9.17) is 0 Å². The Morgan fingerprint density at radius 3 is 2.27 bits per heavy atom. The van der Waals surface area contributed by atoms with Crippen LogP contribution in [0.4, 0.5) is 0 Å². The van der Waals surface area contributed by atoms with Gasteiger partial charge in [-0.3, -0.25) is 0 Å². The molecule has 2 fully saturated rings. The summed E-state index contributed by atoms with van der Waals surface area (Å²) < 4.78 is 0. The van der Waals surface area contributed by atoms with Crippen molar-refractivity contribution >= 4 is 0 Å². The molecule has 1 aliphatic carbocycles. The molecular formula is C14H27N. The first-order chi connectivity index (χ1) is 7.14. The molecule has 1 heteroatoms.